The van der Waals surface area contributed by atoms with E-state index in [9.17, 15) is 0 Å². The molecule has 0 aliphatic carbocycles. The van der Waals surface area contributed by atoms with Gasteiger partial charge in [0.25, 0.3) is 0 Å². The van der Waals surface area contributed by atoms with E-state index in [2.05, 4.69) is 34.0 Å². The summed E-state index contributed by atoms with van der Waals surface area (Å²) >= 11 is 2.25. The van der Waals surface area contributed by atoms with Crippen molar-refractivity contribution in [2.45, 2.75) is 12.5 Å². The Morgan fingerprint density at radius 1 is 1.50 bits per heavy atom. The lowest BCUT2D eigenvalue weighted by Crippen LogP contribution is -2.19. The molecule has 4 heteroatoms. The molecule has 1 aliphatic heterocycles. The maximum Gasteiger partial charge on any atom is 0.0668 e. The fraction of sp³-hybridized carbons (Fsp3) is 0.400. The summed E-state index contributed by atoms with van der Waals surface area (Å²) in [6.07, 6.45) is 1.06. The molecule has 0 spiro atoms. The summed E-state index contributed by atoms with van der Waals surface area (Å²) in [7, 11) is 0. The van der Waals surface area contributed by atoms with Crippen molar-refractivity contribution in [2.24, 2.45) is 0 Å². The van der Waals surface area contributed by atoms with E-state index in [-0.39, 0.29) is 0 Å². The zero-order valence-corrected chi connectivity index (χ0v) is 9.95. The van der Waals surface area contributed by atoms with E-state index >= 15 is 0 Å². The minimum Gasteiger partial charge on any atom is -0.397 e. The van der Waals surface area contributed by atoms with Crippen molar-refractivity contribution in [3.63, 3.8) is 0 Å². The van der Waals surface area contributed by atoms with Crippen molar-refractivity contribution >= 4 is 34.0 Å². The summed E-state index contributed by atoms with van der Waals surface area (Å²) in [5, 5.41) is 3.38. The predicted octanol–water partition coefficient (Wildman–Crippen LogP) is 2.07. The topological polar surface area (TPSA) is 47.3 Å². The summed E-state index contributed by atoms with van der Waals surface area (Å²) < 4.78 is 6.45. The molecule has 1 atom stereocenters. The summed E-state index contributed by atoms with van der Waals surface area (Å²) in [4.78, 5) is 0. The van der Waals surface area contributed by atoms with E-state index in [0.29, 0.717) is 6.04 Å². The Bertz CT molecular complexity index is 324. The molecule has 1 aliphatic rings. The standard InChI is InChI=1S/C10H13IN2O/c11-7-1-2-10(9(12)5-7)13-8-3-4-14-6-8/h1-2,5,8,13H,3-4,6,12H2. The molecule has 1 saturated heterocycles. The highest BCUT2D eigenvalue weighted by atomic mass is 127. The van der Waals surface area contributed by atoms with E-state index in [4.69, 9.17) is 10.5 Å². The smallest absolute Gasteiger partial charge is 0.0668 e. The van der Waals surface area contributed by atoms with Crippen molar-refractivity contribution in [1.29, 1.82) is 0 Å². The molecule has 2 rings (SSSR count). The lowest BCUT2D eigenvalue weighted by atomic mass is 10.2. The van der Waals surface area contributed by atoms with Crippen LogP contribution in [0.4, 0.5) is 11.4 Å². The van der Waals surface area contributed by atoms with E-state index in [1.54, 1.807) is 0 Å². The third kappa shape index (κ3) is 2.30. The summed E-state index contributed by atoms with van der Waals surface area (Å²) in [5.41, 5.74) is 7.72. The highest BCUT2D eigenvalue weighted by molar-refractivity contribution is 14.1. The van der Waals surface area contributed by atoms with Gasteiger partial charge in [0.05, 0.1) is 24.0 Å². The summed E-state index contributed by atoms with van der Waals surface area (Å²) in [6.45, 7) is 1.63. The van der Waals surface area contributed by atoms with Gasteiger partial charge in [-0.15, -0.1) is 0 Å². The monoisotopic (exact) mass is 304 g/mol. The fourth-order valence-electron chi connectivity index (χ4n) is 1.53. The molecule has 0 bridgehead atoms. The van der Waals surface area contributed by atoms with Crippen LogP contribution in [-0.4, -0.2) is 19.3 Å². The molecule has 1 aromatic rings. The highest BCUT2D eigenvalue weighted by Gasteiger charge is 2.15. The van der Waals surface area contributed by atoms with Gasteiger partial charge in [-0.05, 0) is 47.2 Å². The normalized spacial score (nSPS) is 21.1. The van der Waals surface area contributed by atoms with Crippen LogP contribution in [-0.2, 0) is 4.74 Å². The van der Waals surface area contributed by atoms with Gasteiger partial charge >= 0.3 is 0 Å². The molecule has 0 aromatic heterocycles. The van der Waals surface area contributed by atoms with Gasteiger partial charge in [0.2, 0.25) is 0 Å². The molecule has 3 nitrogen and oxygen atoms in total. The van der Waals surface area contributed by atoms with Crippen molar-refractivity contribution in [3.8, 4) is 0 Å². The SMILES string of the molecule is Nc1cc(I)ccc1NC1CCOC1. The van der Waals surface area contributed by atoms with E-state index in [1.165, 1.54) is 0 Å². The van der Waals surface area contributed by atoms with Crippen molar-refractivity contribution < 1.29 is 4.74 Å². The number of nitrogen functional groups attached to an aromatic ring is 1. The Hall–Kier alpha value is -0.490. The molecule has 1 unspecified atom stereocenters. The first-order valence-electron chi connectivity index (χ1n) is 4.65. The first kappa shape index (κ1) is 10.0. The van der Waals surface area contributed by atoms with Gasteiger partial charge in [0, 0.05) is 10.2 Å². The quantitative estimate of drug-likeness (QED) is 0.649. The second-order valence-electron chi connectivity index (χ2n) is 3.44. The molecule has 1 fully saturated rings. The van der Waals surface area contributed by atoms with Crippen LogP contribution in [0.25, 0.3) is 0 Å². The summed E-state index contributed by atoms with van der Waals surface area (Å²) in [6, 6.07) is 6.46. The minimum atomic E-state index is 0.414. The third-order valence-corrected chi connectivity index (χ3v) is 2.97. The lowest BCUT2D eigenvalue weighted by Gasteiger charge is -2.14. The second-order valence-corrected chi connectivity index (χ2v) is 4.68. The zero-order valence-electron chi connectivity index (χ0n) is 7.79. The Labute approximate surface area is 97.2 Å². The van der Waals surface area contributed by atoms with Crippen LogP contribution in [0, 0.1) is 3.57 Å². The Balaban J connectivity index is 2.08. The molecular weight excluding hydrogens is 291 g/mol. The van der Waals surface area contributed by atoms with Crippen LogP contribution in [0.15, 0.2) is 18.2 Å². The van der Waals surface area contributed by atoms with Gasteiger partial charge in [-0.25, -0.2) is 0 Å². The van der Waals surface area contributed by atoms with Crippen LogP contribution >= 0.6 is 22.6 Å². The zero-order chi connectivity index (χ0) is 9.97. The molecule has 0 amide bonds. The number of halogens is 1. The number of ether oxygens (including phenoxy) is 1. The third-order valence-electron chi connectivity index (χ3n) is 2.30. The van der Waals surface area contributed by atoms with Crippen LogP contribution < -0.4 is 11.1 Å². The average molecular weight is 304 g/mol. The fourth-order valence-corrected chi connectivity index (χ4v) is 2.05. The molecule has 1 heterocycles. The molecule has 1 aromatic carbocycles. The lowest BCUT2D eigenvalue weighted by molar-refractivity contribution is 0.195. The first-order chi connectivity index (χ1) is 6.75. The Kier molecular flexibility index (Phi) is 3.12. The molecule has 0 radical (unpaired) electrons. The number of nitrogens with two attached hydrogens (primary N) is 1. The van der Waals surface area contributed by atoms with Gasteiger partial charge in [-0.1, -0.05) is 0 Å². The molecule has 76 valence electrons. The second kappa shape index (κ2) is 4.35. The van der Waals surface area contributed by atoms with Crippen LogP contribution in [0.1, 0.15) is 6.42 Å². The number of hydrogen-bond acceptors (Lipinski definition) is 3. The van der Waals surface area contributed by atoms with Crippen LogP contribution in [0.2, 0.25) is 0 Å². The van der Waals surface area contributed by atoms with Gasteiger partial charge in [-0.3, -0.25) is 0 Å². The largest absolute Gasteiger partial charge is 0.397 e. The summed E-state index contributed by atoms with van der Waals surface area (Å²) in [5.74, 6) is 0. The van der Waals surface area contributed by atoms with E-state index in [1.807, 2.05) is 12.1 Å². The van der Waals surface area contributed by atoms with Crippen molar-refractivity contribution in [3.05, 3.63) is 21.8 Å². The van der Waals surface area contributed by atoms with Gasteiger partial charge < -0.3 is 15.8 Å². The number of hydrogen-bond donors (Lipinski definition) is 2. The number of rotatable bonds is 2. The number of anilines is 2. The maximum absolute atomic E-state index is 5.89. The van der Waals surface area contributed by atoms with Crippen LogP contribution in [0.5, 0.6) is 0 Å². The molecule has 14 heavy (non-hydrogen) atoms. The predicted molar refractivity (Wildman–Crippen MR) is 66.4 cm³/mol. The molecule has 0 saturated carbocycles. The average Bonchev–Trinajstić information content (AvgIpc) is 2.62. The number of nitrogens with one attached hydrogen (secondary N) is 1. The van der Waals surface area contributed by atoms with Crippen LogP contribution in [0.3, 0.4) is 0 Å². The van der Waals surface area contributed by atoms with Gasteiger partial charge in [0.15, 0.2) is 0 Å². The van der Waals surface area contributed by atoms with Gasteiger partial charge in [0.1, 0.15) is 0 Å². The Morgan fingerprint density at radius 2 is 2.36 bits per heavy atom. The van der Waals surface area contributed by atoms with Crippen molar-refractivity contribution in [2.75, 3.05) is 24.3 Å². The maximum atomic E-state index is 5.89. The van der Waals surface area contributed by atoms with Gasteiger partial charge in [-0.2, -0.15) is 0 Å². The minimum absolute atomic E-state index is 0.414. The first-order valence-corrected chi connectivity index (χ1v) is 5.73. The van der Waals surface area contributed by atoms with Crippen molar-refractivity contribution in [1.82, 2.24) is 0 Å². The molecular formula is C10H13IN2O. The van der Waals surface area contributed by atoms with E-state index in [0.717, 1.165) is 34.6 Å². The highest BCUT2D eigenvalue weighted by Crippen LogP contribution is 2.23. The Morgan fingerprint density at radius 3 is 3.00 bits per heavy atom. The molecule has 3 N–H and O–H groups in total. The van der Waals surface area contributed by atoms with E-state index < -0.39 is 0 Å². The number of benzene rings is 1.